The normalized spacial score (nSPS) is 12.2. The number of hydrogen-bond acceptors (Lipinski definition) is 4. The number of carbonyl (C=O) groups excluding carboxylic acids is 2. The van der Waals surface area contributed by atoms with Gasteiger partial charge in [-0.05, 0) is 62.2 Å². The first kappa shape index (κ1) is 21.5. The van der Waals surface area contributed by atoms with Gasteiger partial charge in [0.1, 0.15) is 5.75 Å². The Balaban J connectivity index is 2.12. The molecule has 0 saturated heterocycles. The number of carbonyl (C=O) groups is 2. The number of phenols is 1. The van der Waals surface area contributed by atoms with Gasteiger partial charge in [0, 0.05) is 16.6 Å². The number of rotatable bonds is 6. The van der Waals surface area contributed by atoms with E-state index in [4.69, 9.17) is 4.74 Å². The molecule has 0 aliphatic heterocycles. The topological polar surface area (TPSA) is 68.5 Å². The number of esters is 1. The predicted molar refractivity (Wildman–Crippen MR) is 109 cm³/mol. The highest BCUT2D eigenvalue weighted by atomic mass is 19.2. The molecular formula is C23H23F2NO4. The van der Waals surface area contributed by atoms with E-state index in [9.17, 15) is 23.5 Å². The van der Waals surface area contributed by atoms with Crippen LogP contribution in [-0.2, 0) is 9.53 Å². The van der Waals surface area contributed by atoms with Gasteiger partial charge in [0.25, 0.3) is 5.91 Å². The smallest absolute Gasteiger partial charge is 0.313 e. The lowest BCUT2D eigenvalue weighted by molar-refractivity contribution is -0.145. The average Bonchev–Trinajstić information content (AvgIpc) is 2.99. The minimum absolute atomic E-state index is 0.0206. The van der Waals surface area contributed by atoms with Gasteiger partial charge in [-0.2, -0.15) is 0 Å². The first-order chi connectivity index (χ1) is 14.3. The summed E-state index contributed by atoms with van der Waals surface area (Å²) in [7, 11) is 0. The number of aromatic hydroxyl groups is 1. The van der Waals surface area contributed by atoms with Crippen molar-refractivity contribution < 1.29 is 28.2 Å². The van der Waals surface area contributed by atoms with E-state index < -0.39 is 29.4 Å². The Labute approximate surface area is 172 Å². The van der Waals surface area contributed by atoms with Crippen molar-refractivity contribution in [2.45, 2.75) is 39.5 Å². The largest absolute Gasteiger partial charge is 0.508 e. The van der Waals surface area contributed by atoms with Gasteiger partial charge in [0.05, 0.1) is 18.0 Å². The van der Waals surface area contributed by atoms with E-state index in [2.05, 4.69) is 0 Å². The molecule has 3 aromatic rings. The van der Waals surface area contributed by atoms with Crippen molar-refractivity contribution in [3.63, 3.8) is 0 Å². The molecule has 0 aliphatic carbocycles. The van der Waals surface area contributed by atoms with Crippen LogP contribution in [0.1, 0.15) is 54.2 Å². The van der Waals surface area contributed by atoms with E-state index in [0.717, 1.165) is 25.0 Å². The number of fused-ring (bicyclic) bond motifs is 1. The molecule has 1 unspecified atom stereocenters. The molecule has 1 atom stereocenters. The number of nitrogens with zero attached hydrogens (tertiary/aromatic N) is 1. The highest BCUT2D eigenvalue weighted by Crippen LogP contribution is 2.35. The minimum Gasteiger partial charge on any atom is -0.508 e. The third kappa shape index (κ3) is 3.92. The fraction of sp³-hybridized carbons (Fsp3) is 0.304. The van der Waals surface area contributed by atoms with Crippen LogP contribution in [0.25, 0.3) is 10.9 Å². The molecule has 30 heavy (non-hydrogen) atoms. The standard InChI is InChI=1S/C23H23F2NO4/c1-4-5-10-30-23(29)13(2)21-14(3)26(20-9-7-16(27)12-17(20)21)22(28)15-6-8-18(24)19(25)11-15/h6-9,11-13,27H,4-5,10H2,1-3H3. The number of ether oxygens (including phenoxy) is 1. The molecule has 1 heterocycles. The van der Waals surface area contributed by atoms with Crippen molar-refractivity contribution >= 4 is 22.8 Å². The van der Waals surface area contributed by atoms with Crippen LogP contribution in [0.2, 0.25) is 0 Å². The zero-order valence-corrected chi connectivity index (χ0v) is 17.0. The quantitative estimate of drug-likeness (QED) is 0.451. The first-order valence-corrected chi connectivity index (χ1v) is 9.76. The fourth-order valence-electron chi connectivity index (χ4n) is 3.56. The van der Waals surface area contributed by atoms with E-state index >= 15 is 0 Å². The molecule has 0 aliphatic rings. The van der Waals surface area contributed by atoms with Crippen molar-refractivity contribution in [1.82, 2.24) is 4.57 Å². The maximum Gasteiger partial charge on any atom is 0.313 e. The molecule has 0 radical (unpaired) electrons. The van der Waals surface area contributed by atoms with Crippen molar-refractivity contribution in [3.05, 3.63) is 64.9 Å². The van der Waals surface area contributed by atoms with Crippen LogP contribution in [0.5, 0.6) is 5.75 Å². The van der Waals surface area contributed by atoms with Crippen LogP contribution in [0.3, 0.4) is 0 Å². The lowest BCUT2D eigenvalue weighted by Gasteiger charge is -2.13. The summed E-state index contributed by atoms with van der Waals surface area (Å²) < 4.78 is 33.6. The Morgan fingerprint density at radius 3 is 2.53 bits per heavy atom. The monoisotopic (exact) mass is 415 g/mol. The zero-order valence-electron chi connectivity index (χ0n) is 17.0. The molecule has 158 valence electrons. The summed E-state index contributed by atoms with van der Waals surface area (Å²) >= 11 is 0. The summed E-state index contributed by atoms with van der Waals surface area (Å²) in [4.78, 5) is 25.7. The second kappa shape index (κ2) is 8.65. The highest BCUT2D eigenvalue weighted by molar-refractivity contribution is 6.05. The molecule has 0 saturated carbocycles. The lowest BCUT2D eigenvalue weighted by atomic mass is 9.98. The number of aromatic nitrogens is 1. The molecular weight excluding hydrogens is 392 g/mol. The maximum absolute atomic E-state index is 13.7. The molecule has 0 bridgehead atoms. The van der Waals surface area contributed by atoms with E-state index in [1.165, 1.54) is 22.8 Å². The highest BCUT2D eigenvalue weighted by Gasteiger charge is 2.28. The van der Waals surface area contributed by atoms with E-state index in [1.807, 2.05) is 6.92 Å². The minimum atomic E-state index is -1.12. The van der Waals surface area contributed by atoms with Crippen LogP contribution in [0.15, 0.2) is 36.4 Å². The summed E-state index contributed by atoms with van der Waals surface area (Å²) in [6, 6.07) is 7.38. The Bertz CT molecular complexity index is 1120. The number of phenolic OH excluding ortho intramolecular Hbond substituents is 1. The molecule has 7 heteroatoms. The summed E-state index contributed by atoms with van der Waals surface area (Å²) in [5, 5.41) is 10.5. The number of hydrogen-bond donors (Lipinski definition) is 1. The third-order valence-electron chi connectivity index (χ3n) is 5.13. The van der Waals surface area contributed by atoms with Crippen LogP contribution in [-0.4, -0.2) is 28.2 Å². The molecule has 2 aromatic carbocycles. The fourth-order valence-corrected chi connectivity index (χ4v) is 3.56. The van der Waals surface area contributed by atoms with Crippen LogP contribution < -0.4 is 0 Å². The molecule has 0 spiro atoms. The first-order valence-electron chi connectivity index (χ1n) is 9.76. The molecule has 0 amide bonds. The van der Waals surface area contributed by atoms with Crippen LogP contribution in [0.4, 0.5) is 8.78 Å². The van der Waals surface area contributed by atoms with Crippen molar-refractivity contribution in [2.75, 3.05) is 6.61 Å². The second-order valence-corrected chi connectivity index (χ2v) is 7.21. The van der Waals surface area contributed by atoms with Crippen molar-refractivity contribution in [2.24, 2.45) is 0 Å². The molecule has 1 aromatic heterocycles. The van der Waals surface area contributed by atoms with Gasteiger partial charge < -0.3 is 9.84 Å². The predicted octanol–water partition coefficient (Wildman–Crippen LogP) is 5.07. The van der Waals surface area contributed by atoms with Gasteiger partial charge in [-0.3, -0.25) is 14.2 Å². The maximum atomic E-state index is 13.7. The van der Waals surface area contributed by atoms with Crippen LogP contribution >= 0.6 is 0 Å². The van der Waals surface area contributed by atoms with Crippen molar-refractivity contribution in [1.29, 1.82) is 0 Å². The number of benzene rings is 2. The van der Waals surface area contributed by atoms with E-state index in [0.29, 0.717) is 28.8 Å². The molecule has 3 rings (SSSR count). The SMILES string of the molecule is CCCCOC(=O)C(C)c1c(C)n(C(=O)c2ccc(F)c(F)c2)c2ccc(O)cc12. The summed E-state index contributed by atoms with van der Waals surface area (Å²) in [5.41, 5.74) is 1.42. The second-order valence-electron chi connectivity index (χ2n) is 7.21. The summed E-state index contributed by atoms with van der Waals surface area (Å²) in [5.74, 6) is -3.89. The van der Waals surface area contributed by atoms with E-state index in [1.54, 1.807) is 19.9 Å². The number of halogens is 2. The van der Waals surface area contributed by atoms with Gasteiger partial charge in [-0.1, -0.05) is 13.3 Å². The Hall–Kier alpha value is -3.22. The Morgan fingerprint density at radius 2 is 1.87 bits per heavy atom. The molecule has 1 N–H and O–H groups in total. The van der Waals surface area contributed by atoms with Gasteiger partial charge >= 0.3 is 5.97 Å². The third-order valence-corrected chi connectivity index (χ3v) is 5.13. The van der Waals surface area contributed by atoms with E-state index in [-0.39, 0.29) is 11.3 Å². The lowest BCUT2D eigenvalue weighted by Crippen LogP contribution is -2.17. The molecule has 0 fully saturated rings. The summed E-state index contributed by atoms with van der Waals surface area (Å²) in [6.45, 7) is 5.63. The van der Waals surface area contributed by atoms with Crippen molar-refractivity contribution in [3.8, 4) is 5.75 Å². The van der Waals surface area contributed by atoms with Gasteiger partial charge in [-0.25, -0.2) is 8.78 Å². The zero-order chi connectivity index (χ0) is 22.0. The Morgan fingerprint density at radius 1 is 1.13 bits per heavy atom. The number of unbranched alkanes of at least 4 members (excludes halogenated alkanes) is 1. The van der Waals surface area contributed by atoms with Gasteiger partial charge in [0.15, 0.2) is 11.6 Å². The Kier molecular flexibility index (Phi) is 6.20. The van der Waals surface area contributed by atoms with Gasteiger partial charge in [0.2, 0.25) is 0 Å². The molecule has 5 nitrogen and oxygen atoms in total. The average molecular weight is 415 g/mol. The summed E-state index contributed by atoms with van der Waals surface area (Å²) in [6.07, 6.45) is 1.63. The van der Waals surface area contributed by atoms with Crippen LogP contribution in [0, 0.1) is 18.6 Å². The van der Waals surface area contributed by atoms with Gasteiger partial charge in [-0.15, -0.1) is 0 Å².